The van der Waals surface area contributed by atoms with Crippen molar-refractivity contribution in [2.24, 2.45) is 0 Å². The van der Waals surface area contributed by atoms with Gasteiger partial charge in [-0.3, -0.25) is 6.08 Å². The van der Waals surface area contributed by atoms with Crippen LogP contribution in [0.5, 0.6) is 0 Å². The molecule has 0 saturated heterocycles. The van der Waals surface area contributed by atoms with E-state index in [0.717, 1.165) is 15.9 Å². The zero-order chi connectivity index (χ0) is 13.0. The minimum atomic E-state index is 0. The molecule has 1 aliphatic carbocycles. The molecule has 22 heavy (non-hydrogen) atoms. The van der Waals surface area contributed by atoms with Crippen molar-refractivity contribution in [1.82, 2.24) is 0 Å². The van der Waals surface area contributed by atoms with Crippen LogP contribution in [0.3, 0.4) is 0 Å². The van der Waals surface area contributed by atoms with Crippen LogP contribution >= 0.6 is 0 Å². The van der Waals surface area contributed by atoms with Crippen molar-refractivity contribution in [3.8, 4) is 0 Å². The predicted octanol–water partition coefficient (Wildman–Crippen LogP) is -5.03. The molecule has 0 N–H and O–H groups in total. The third kappa shape index (κ3) is 7.86. The quantitative estimate of drug-likeness (QED) is 0.339. The van der Waals surface area contributed by atoms with Crippen LogP contribution in [0.25, 0.3) is 0 Å². The second-order valence-corrected chi connectivity index (χ2v) is 6.60. The zero-order valence-electron chi connectivity index (χ0n) is 13.2. The van der Waals surface area contributed by atoms with Gasteiger partial charge in [0.15, 0.2) is 0 Å². The molecular formula is C17H21Cl3SiTi. The van der Waals surface area contributed by atoms with E-state index in [-0.39, 0.29) is 58.9 Å². The fourth-order valence-electron chi connectivity index (χ4n) is 2.24. The van der Waals surface area contributed by atoms with Crippen molar-refractivity contribution in [3.63, 3.8) is 0 Å². The minimum Gasteiger partial charge on any atom is -1.00 e. The van der Waals surface area contributed by atoms with Crippen LogP contribution in [0.4, 0.5) is 0 Å². The van der Waals surface area contributed by atoms with Crippen LogP contribution in [0.15, 0.2) is 41.1 Å². The number of rotatable bonds is 5. The minimum absolute atomic E-state index is 0. The van der Waals surface area contributed by atoms with Crippen molar-refractivity contribution >= 4 is 14.7 Å². The molecule has 0 amide bonds. The number of hydrogen-bond acceptors (Lipinski definition) is 0. The Morgan fingerprint density at radius 3 is 2.45 bits per heavy atom. The van der Waals surface area contributed by atoms with E-state index in [4.69, 9.17) is 0 Å². The largest absolute Gasteiger partial charge is 4.00 e. The standard InChI is InChI=1S/C17H21Si.3ClH.Ti/c1-4-7-14-8-6-11-17(14)18-16-10-5-9-15(12-16)13(2)3;;;;/h5-6,9-10,12-13H,4,7,11H2,1-3H3;3*1H;/q-1;;;;+4/p-3. The average molecular weight is 408 g/mol. The van der Waals surface area contributed by atoms with Gasteiger partial charge in [-0.2, -0.15) is 6.08 Å². The first-order valence-electron chi connectivity index (χ1n) is 6.88. The van der Waals surface area contributed by atoms with Gasteiger partial charge >= 0.3 is 21.7 Å². The molecule has 0 atom stereocenters. The second-order valence-electron chi connectivity index (χ2n) is 5.16. The summed E-state index contributed by atoms with van der Waals surface area (Å²) >= 11 is 0. The Labute approximate surface area is 171 Å². The molecule has 2 rings (SSSR count). The van der Waals surface area contributed by atoms with Gasteiger partial charge in [0.2, 0.25) is 0 Å². The number of benzene rings is 1. The molecule has 1 aromatic rings. The SMILES string of the molecule is CCCC1=C([Si]c2cccc(C(C)C)c2)CC=[C-]1.[Cl-].[Cl-].[Cl-].[Ti+4]. The van der Waals surface area contributed by atoms with E-state index < -0.39 is 0 Å². The predicted molar refractivity (Wildman–Crippen MR) is 80.3 cm³/mol. The van der Waals surface area contributed by atoms with Gasteiger partial charge < -0.3 is 37.2 Å². The fraction of sp³-hybridized carbons (Fsp3) is 0.412. The Morgan fingerprint density at radius 1 is 1.18 bits per heavy atom. The van der Waals surface area contributed by atoms with Crippen molar-refractivity contribution in [2.75, 3.05) is 0 Å². The molecule has 0 aliphatic heterocycles. The van der Waals surface area contributed by atoms with Gasteiger partial charge in [-0.1, -0.05) is 69.5 Å². The van der Waals surface area contributed by atoms with E-state index in [1.165, 1.54) is 29.2 Å². The molecule has 0 fully saturated rings. The fourth-order valence-corrected chi connectivity index (χ4v) is 3.55. The normalized spacial score (nSPS) is 12.2. The van der Waals surface area contributed by atoms with Gasteiger partial charge in [-0.25, -0.2) is 10.8 Å². The Hall–Kier alpha value is 0.501. The van der Waals surface area contributed by atoms with E-state index in [2.05, 4.69) is 57.2 Å². The Balaban J connectivity index is -0.000000902. The molecule has 0 spiro atoms. The molecule has 118 valence electrons. The molecule has 0 unspecified atom stereocenters. The molecule has 2 radical (unpaired) electrons. The van der Waals surface area contributed by atoms with Crippen LogP contribution in [-0.4, -0.2) is 9.52 Å². The van der Waals surface area contributed by atoms with E-state index in [1.807, 2.05) is 0 Å². The van der Waals surface area contributed by atoms with E-state index in [9.17, 15) is 0 Å². The smallest absolute Gasteiger partial charge is 1.00 e. The van der Waals surface area contributed by atoms with Gasteiger partial charge in [0.1, 0.15) is 0 Å². The van der Waals surface area contributed by atoms with Gasteiger partial charge in [-0.05, 0) is 11.5 Å². The first kappa shape index (κ1) is 27.4. The molecule has 1 aliphatic rings. The topological polar surface area (TPSA) is 0 Å². The first-order valence-corrected chi connectivity index (χ1v) is 7.88. The third-order valence-corrected chi connectivity index (χ3v) is 4.70. The van der Waals surface area contributed by atoms with E-state index in [1.54, 1.807) is 5.20 Å². The van der Waals surface area contributed by atoms with Gasteiger partial charge in [0.25, 0.3) is 0 Å². The summed E-state index contributed by atoms with van der Waals surface area (Å²) in [6.07, 6.45) is 9.13. The summed E-state index contributed by atoms with van der Waals surface area (Å²) in [4.78, 5) is 0. The molecule has 0 heterocycles. The summed E-state index contributed by atoms with van der Waals surface area (Å²) in [7, 11) is 0.823. The van der Waals surface area contributed by atoms with Crippen LogP contribution in [0.1, 0.15) is 51.5 Å². The van der Waals surface area contributed by atoms with Crippen LogP contribution in [0.2, 0.25) is 0 Å². The van der Waals surface area contributed by atoms with Crippen molar-refractivity contribution in [3.05, 3.63) is 52.8 Å². The Bertz CT molecular complexity index is 485. The van der Waals surface area contributed by atoms with Crippen LogP contribution in [0, 0.1) is 6.08 Å². The van der Waals surface area contributed by atoms with Gasteiger partial charge in [-0.15, -0.1) is 0 Å². The number of halogens is 3. The maximum absolute atomic E-state index is 3.43. The Morgan fingerprint density at radius 2 is 1.86 bits per heavy atom. The van der Waals surface area contributed by atoms with E-state index >= 15 is 0 Å². The average Bonchev–Trinajstić information content (AvgIpc) is 2.77. The first-order chi connectivity index (χ1) is 8.70. The van der Waals surface area contributed by atoms with Crippen LogP contribution < -0.4 is 42.4 Å². The molecular weight excluding hydrogens is 386 g/mol. The van der Waals surface area contributed by atoms with Crippen molar-refractivity contribution in [2.45, 2.75) is 46.0 Å². The molecule has 5 heteroatoms. The van der Waals surface area contributed by atoms with Crippen molar-refractivity contribution in [1.29, 1.82) is 0 Å². The molecule has 0 nitrogen and oxygen atoms in total. The maximum Gasteiger partial charge on any atom is 4.00 e. The third-order valence-electron chi connectivity index (χ3n) is 3.30. The van der Waals surface area contributed by atoms with Gasteiger partial charge in [0.05, 0.1) is 0 Å². The number of hydrogen-bond donors (Lipinski definition) is 0. The van der Waals surface area contributed by atoms with Gasteiger partial charge in [0, 0.05) is 9.52 Å². The summed E-state index contributed by atoms with van der Waals surface area (Å²) in [6, 6.07) is 9.07. The summed E-state index contributed by atoms with van der Waals surface area (Å²) in [5.41, 5.74) is 2.92. The second kappa shape index (κ2) is 13.9. The molecule has 0 bridgehead atoms. The summed E-state index contributed by atoms with van der Waals surface area (Å²) < 4.78 is 0. The molecule has 0 aromatic heterocycles. The monoisotopic (exact) mass is 406 g/mol. The van der Waals surface area contributed by atoms with Crippen molar-refractivity contribution < 1.29 is 58.9 Å². The molecule has 0 saturated carbocycles. The van der Waals surface area contributed by atoms with E-state index in [0.29, 0.717) is 5.92 Å². The zero-order valence-corrected chi connectivity index (χ0v) is 18.0. The number of allylic oxidation sites excluding steroid dienone is 4. The Kier molecular flexibility index (Phi) is 17.3. The van der Waals surface area contributed by atoms with Crippen LogP contribution in [-0.2, 0) is 21.7 Å². The summed E-state index contributed by atoms with van der Waals surface area (Å²) in [5, 5.41) is 3.07. The molecule has 1 aromatic carbocycles. The maximum atomic E-state index is 3.43. The summed E-state index contributed by atoms with van der Waals surface area (Å²) in [6.45, 7) is 6.76. The summed E-state index contributed by atoms with van der Waals surface area (Å²) in [5.74, 6) is 0.618.